The van der Waals surface area contributed by atoms with Crippen molar-refractivity contribution in [2.75, 3.05) is 18.0 Å². The van der Waals surface area contributed by atoms with E-state index in [1.807, 2.05) is 13.8 Å². The van der Waals surface area contributed by atoms with Crippen LogP contribution in [-0.2, 0) is 26.2 Å². The first-order chi connectivity index (χ1) is 19.0. The molecule has 0 saturated carbocycles. The molecule has 0 aliphatic rings. The number of halogens is 2. The highest BCUT2D eigenvalue weighted by Crippen LogP contribution is 2.28. The molecule has 214 valence electrons. The number of sulfonamides is 1. The SMILES string of the molecule is CC[C@H](C)NC(=O)[C@H](C)N(Cc1ccc(OC)cc1)C(=O)CN(c1ccc(F)c(Cl)c1)S(=O)(=O)c1ccccc1. The van der Waals surface area contributed by atoms with Gasteiger partial charge >= 0.3 is 0 Å². The minimum absolute atomic E-state index is 0.00436. The van der Waals surface area contributed by atoms with Crippen molar-refractivity contribution in [1.82, 2.24) is 10.2 Å². The van der Waals surface area contributed by atoms with E-state index in [9.17, 15) is 22.4 Å². The summed E-state index contributed by atoms with van der Waals surface area (Å²) in [6.45, 7) is 4.74. The fourth-order valence-corrected chi connectivity index (χ4v) is 5.47. The minimum Gasteiger partial charge on any atom is -0.497 e. The molecule has 2 amide bonds. The molecule has 3 rings (SSSR count). The molecule has 3 aromatic carbocycles. The first-order valence-corrected chi connectivity index (χ1v) is 14.5. The van der Waals surface area contributed by atoms with E-state index < -0.39 is 34.3 Å². The fraction of sp³-hybridized carbons (Fsp3) is 0.310. The van der Waals surface area contributed by atoms with Crippen LogP contribution in [0.25, 0.3) is 0 Å². The third-order valence-corrected chi connectivity index (χ3v) is 8.56. The standard InChI is InChI=1S/C29H33ClFN3O5S/c1-5-20(2)32-29(36)21(3)33(18-22-11-14-24(39-4)15-12-22)28(35)19-34(23-13-16-27(31)26(30)17-23)40(37,38)25-9-7-6-8-10-25/h6-17,20-21H,5,18-19H2,1-4H3,(H,32,36)/t20-,21-/m0/s1. The summed E-state index contributed by atoms with van der Waals surface area (Å²) >= 11 is 5.98. The Kier molecular flexibility index (Phi) is 10.5. The van der Waals surface area contributed by atoms with Gasteiger partial charge in [-0.15, -0.1) is 0 Å². The minimum atomic E-state index is -4.28. The highest BCUT2D eigenvalue weighted by Gasteiger charge is 2.33. The van der Waals surface area contributed by atoms with Gasteiger partial charge in [-0.2, -0.15) is 0 Å². The second-order valence-electron chi connectivity index (χ2n) is 9.29. The molecule has 1 N–H and O–H groups in total. The highest BCUT2D eigenvalue weighted by atomic mass is 35.5. The van der Waals surface area contributed by atoms with E-state index in [0.717, 1.165) is 16.4 Å². The molecule has 8 nitrogen and oxygen atoms in total. The van der Waals surface area contributed by atoms with Crippen LogP contribution < -0.4 is 14.4 Å². The molecule has 0 aliphatic carbocycles. The van der Waals surface area contributed by atoms with Crippen LogP contribution in [0.3, 0.4) is 0 Å². The quantitative estimate of drug-likeness (QED) is 0.320. The maximum atomic E-state index is 14.0. The van der Waals surface area contributed by atoms with Crippen molar-refractivity contribution in [3.8, 4) is 5.75 Å². The zero-order chi connectivity index (χ0) is 29.4. The van der Waals surface area contributed by atoms with Crippen LogP contribution in [-0.4, -0.2) is 50.9 Å². The van der Waals surface area contributed by atoms with E-state index in [1.165, 1.54) is 30.2 Å². The van der Waals surface area contributed by atoms with Crippen molar-refractivity contribution in [3.05, 3.63) is 89.2 Å². The summed E-state index contributed by atoms with van der Waals surface area (Å²) in [5.74, 6) is -1.12. The number of nitrogens with one attached hydrogen (secondary N) is 1. The largest absolute Gasteiger partial charge is 0.497 e. The van der Waals surface area contributed by atoms with Gasteiger partial charge in [0.05, 0.1) is 22.7 Å². The molecule has 3 aromatic rings. The molecule has 0 spiro atoms. The molecular weight excluding hydrogens is 557 g/mol. The van der Waals surface area contributed by atoms with Gasteiger partial charge in [0.1, 0.15) is 24.2 Å². The van der Waals surface area contributed by atoms with Crippen LogP contribution in [0.2, 0.25) is 5.02 Å². The van der Waals surface area contributed by atoms with Crippen molar-refractivity contribution >= 4 is 39.1 Å². The molecule has 0 saturated heterocycles. The average molecular weight is 590 g/mol. The number of benzene rings is 3. The predicted molar refractivity (Wildman–Crippen MR) is 153 cm³/mol. The lowest BCUT2D eigenvalue weighted by Crippen LogP contribution is -2.52. The molecule has 0 bridgehead atoms. The molecule has 11 heteroatoms. The molecule has 0 heterocycles. The van der Waals surface area contributed by atoms with Crippen LogP contribution in [0.1, 0.15) is 32.8 Å². The summed E-state index contributed by atoms with van der Waals surface area (Å²) in [6.07, 6.45) is 0.694. The summed E-state index contributed by atoms with van der Waals surface area (Å²) in [4.78, 5) is 28.2. The topological polar surface area (TPSA) is 96.0 Å². The Bertz CT molecular complexity index is 1420. The summed E-state index contributed by atoms with van der Waals surface area (Å²) in [5, 5.41) is 2.58. The number of carbonyl (C=O) groups is 2. The van der Waals surface area contributed by atoms with Crippen molar-refractivity contribution < 1.29 is 27.1 Å². The summed E-state index contributed by atoms with van der Waals surface area (Å²) in [5.41, 5.74) is 0.712. The van der Waals surface area contributed by atoms with Gasteiger partial charge in [0, 0.05) is 12.6 Å². The second-order valence-corrected chi connectivity index (χ2v) is 11.6. The number of methoxy groups -OCH3 is 1. The van der Waals surface area contributed by atoms with Crippen molar-refractivity contribution in [2.24, 2.45) is 0 Å². The molecule has 2 atom stereocenters. The van der Waals surface area contributed by atoms with Gasteiger partial charge in [0.2, 0.25) is 11.8 Å². The lowest BCUT2D eigenvalue weighted by molar-refractivity contribution is -0.139. The van der Waals surface area contributed by atoms with Gasteiger partial charge in [-0.1, -0.05) is 48.9 Å². The smallest absolute Gasteiger partial charge is 0.264 e. The third-order valence-electron chi connectivity index (χ3n) is 6.48. The van der Waals surface area contributed by atoms with Crippen molar-refractivity contribution in [1.29, 1.82) is 0 Å². The first-order valence-electron chi connectivity index (χ1n) is 12.7. The number of hydrogen-bond donors (Lipinski definition) is 1. The number of rotatable bonds is 12. The van der Waals surface area contributed by atoms with Gasteiger partial charge in [-0.25, -0.2) is 12.8 Å². The van der Waals surface area contributed by atoms with E-state index in [2.05, 4.69) is 5.32 Å². The Morgan fingerprint density at radius 3 is 2.25 bits per heavy atom. The number of nitrogens with zero attached hydrogens (tertiary/aromatic N) is 2. The van der Waals surface area contributed by atoms with Crippen molar-refractivity contribution in [3.63, 3.8) is 0 Å². The van der Waals surface area contributed by atoms with E-state index in [-0.39, 0.29) is 34.1 Å². The number of amides is 2. The first kappa shape index (κ1) is 30.9. The molecular formula is C29H33ClFN3O5S. The normalized spacial score (nSPS) is 12.8. The lowest BCUT2D eigenvalue weighted by Gasteiger charge is -2.32. The lowest BCUT2D eigenvalue weighted by atomic mass is 10.1. The van der Waals surface area contributed by atoms with E-state index in [4.69, 9.17) is 16.3 Å². The average Bonchev–Trinajstić information content (AvgIpc) is 2.96. The van der Waals surface area contributed by atoms with Crippen molar-refractivity contribution in [2.45, 2.75) is 50.7 Å². The Morgan fingerprint density at radius 1 is 1.02 bits per heavy atom. The fourth-order valence-electron chi connectivity index (χ4n) is 3.86. The van der Waals surface area contributed by atoms with Crippen LogP contribution >= 0.6 is 11.6 Å². The highest BCUT2D eigenvalue weighted by molar-refractivity contribution is 7.92. The molecule has 0 aliphatic heterocycles. The summed E-state index contributed by atoms with van der Waals surface area (Å²) in [6, 6.07) is 16.9. The van der Waals surface area contributed by atoms with Crippen LogP contribution in [0.15, 0.2) is 77.7 Å². The van der Waals surface area contributed by atoms with Gasteiger partial charge in [0.25, 0.3) is 10.0 Å². The molecule has 0 fully saturated rings. The molecule has 40 heavy (non-hydrogen) atoms. The Balaban J connectivity index is 2.03. The Hall–Kier alpha value is -3.63. The Morgan fingerprint density at radius 2 is 1.68 bits per heavy atom. The predicted octanol–water partition coefficient (Wildman–Crippen LogP) is 5.02. The maximum absolute atomic E-state index is 14.0. The summed E-state index contributed by atoms with van der Waals surface area (Å²) < 4.78 is 47.5. The number of ether oxygens (including phenoxy) is 1. The zero-order valence-electron chi connectivity index (χ0n) is 22.8. The second kappa shape index (κ2) is 13.6. The van der Waals surface area contributed by atoms with E-state index in [1.54, 1.807) is 49.4 Å². The van der Waals surface area contributed by atoms with Gasteiger partial charge in [-0.05, 0) is 68.3 Å². The number of anilines is 1. The number of hydrogen-bond acceptors (Lipinski definition) is 5. The van der Waals surface area contributed by atoms with Crippen LogP contribution in [0.5, 0.6) is 5.75 Å². The van der Waals surface area contributed by atoms with E-state index in [0.29, 0.717) is 17.7 Å². The maximum Gasteiger partial charge on any atom is 0.264 e. The number of carbonyl (C=O) groups excluding carboxylic acids is 2. The van der Waals surface area contributed by atoms with Gasteiger partial charge < -0.3 is 15.0 Å². The van der Waals surface area contributed by atoms with E-state index >= 15 is 0 Å². The molecule has 0 radical (unpaired) electrons. The zero-order valence-corrected chi connectivity index (χ0v) is 24.4. The molecule has 0 aromatic heterocycles. The monoisotopic (exact) mass is 589 g/mol. The third kappa shape index (κ3) is 7.51. The van der Waals surface area contributed by atoms with Crippen LogP contribution in [0, 0.1) is 5.82 Å². The summed E-state index contributed by atoms with van der Waals surface area (Å²) in [7, 11) is -2.74. The van der Waals surface area contributed by atoms with Crippen LogP contribution in [0.4, 0.5) is 10.1 Å². The Labute approximate surface area is 239 Å². The van der Waals surface area contributed by atoms with Gasteiger partial charge in [0.15, 0.2) is 0 Å². The molecule has 0 unspecified atom stereocenters. The van der Waals surface area contributed by atoms with Gasteiger partial charge in [-0.3, -0.25) is 13.9 Å².